The van der Waals surface area contributed by atoms with Crippen molar-refractivity contribution in [3.8, 4) is 5.75 Å². The zero-order chi connectivity index (χ0) is 13.1. The Hall–Kier alpha value is -0.150. The maximum Gasteiger partial charge on any atom is 0.157 e. The van der Waals surface area contributed by atoms with Gasteiger partial charge in [-0.1, -0.05) is 36.2 Å². The summed E-state index contributed by atoms with van der Waals surface area (Å²) in [5, 5.41) is 1.02. The number of para-hydroxylation sites is 1. The van der Waals surface area contributed by atoms with Gasteiger partial charge in [-0.15, -0.1) is 11.6 Å². The molecule has 3 atom stereocenters. The summed E-state index contributed by atoms with van der Waals surface area (Å²) >= 11 is 18.2. The lowest BCUT2D eigenvalue weighted by Crippen LogP contribution is -2.52. The van der Waals surface area contributed by atoms with Gasteiger partial charge in [0.25, 0.3) is 0 Å². The van der Waals surface area contributed by atoms with Gasteiger partial charge < -0.3 is 9.47 Å². The van der Waals surface area contributed by atoms with Crippen LogP contribution in [0.1, 0.15) is 19.8 Å². The van der Waals surface area contributed by atoms with Crippen molar-refractivity contribution in [1.29, 1.82) is 0 Å². The van der Waals surface area contributed by atoms with Crippen LogP contribution < -0.4 is 4.74 Å². The Kier molecular flexibility index (Phi) is 5.02. The van der Waals surface area contributed by atoms with E-state index in [-0.39, 0.29) is 17.6 Å². The average molecular weight is 310 g/mol. The standard InChI is InChI=1S/C13H15Cl3O2/c1-2-6-17-13-10(16)7-11(13)18-12-8(14)4-3-5-9(12)15/h3-5,10-11,13H,2,6-7H2,1H3. The molecule has 1 aromatic carbocycles. The third-order valence-corrected chi connectivity index (χ3v) is 3.90. The van der Waals surface area contributed by atoms with E-state index in [4.69, 9.17) is 44.3 Å². The van der Waals surface area contributed by atoms with E-state index in [1.165, 1.54) is 0 Å². The van der Waals surface area contributed by atoms with E-state index in [2.05, 4.69) is 6.92 Å². The largest absolute Gasteiger partial charge is 0.484 e. The van der Waals surface area contributed by atoms with Crippen LogP contribution >= 0.6 is 34.8 Å². The number of rotatable bonds is 5. The molecule has 5 heteroatoms. The lowest BCUT2D eigenvalue weighted by Gasteiger charge is -2.40. The third kappa shape index (κ3) is 3.05. The van der Waals surface area contributed by atoms with E-state index >= 15 is 0 Å². The molecule has 0 N–H and O–H groups in total. The summed E-state index contributed by atoms with van der Waals surface area (Å²) in [6.45, 7) is 2.74. The zero-order valence-corrected chi connectivity index (χ0v) is 12.3. The summed E-state index contributed by atoms with van der Waals surface area (Å²) in [6, 6.07) is 5.29. The molecule has 1 aliphatic carbocycles. The molecule has 0 spiro atoms. The molecular weight excluding hydrogens is 294 g/mol. The minimum atomic E-state index is -0.0843. The predicted molar refractivity (Wildman–Crippen MR) is 75.2 cm³/mol. The highest BCUT2D eigenvalue weighted by Gasteiger charge is 2.43. The summed E-state index contributed by atoms with van der Waals surface area (Å²) in [5.74, 6) is 0.513. The van der Waals surface area contributed by atoms with Crippen molar-refractivity contribution in [2.75, 3.05) is 6.61 Å². The van der Waals surface area contributed by atoms with E-state index < -0.39 is 0 Å². The lowest BCUT2D eigenvalue weighted by molar-refractivity contribution is -0.0797. The molecule has 1 fully saturated rings. The molecule has 0 radical (unpaired) electrons. The van der Waals surface area contributed by atoms with Crippen molar-refractivity contribution in [2.45, 2.75) is 37.4 Å². The Morgan fingerprint density at radius 1 is 1.28 bits per heavy atom. The van der Waals surface area contributed by atoms with Crippen LogP contribution in [0.5, 0.6) is 5.75 Å². The normalized spacial score (nSPS) is 26.8. The van der Waals surface area contributed by atoms with Crippen LogP contribution in [-0.2, 0) is 4.74 Å². The molecule has 1 saturated carbocycles. The number of hydrogen-bond acceptors (Lipinski definition) is 2. The van der Waals surface area contributed by atoms with Gasteiger partial charge in [-0.2, -0.15) is 0 Å². The number of hydrogen-bond donors (Lipinski definition) is 0. The molecule has 0 bridgehead atoms. The first kappa shape index (κ1) is 14.3. The van der Waals surface area contributed by atoms with Crippen molar-refractivity contribution >= 4 is 34.8 Å². The predicted octanol–water partition coefficient (Wildman–Crippen LogP) is 4.55. The van der Waals surface area contributed by atoms with Crippen molar-refractivity contribution < 1.29 is 9.47 Å². The Labute approximate surface area is 122 Å². The van der Waals surface area contributed by atoms with E-state index in [1.807, 2.05) is 0 Å². The highest BCUT2D eigenvalue weighted by atomic mass is 35.5. The highest BCUT2D eigenvalue weighted by molar-refractivity contribution is 6.37. The molecule has 0 amide bonds. The van der Waals surface area contributed by atoms with Gasteiger partial charge in [0.2, 0.25) is 0 Å². The van der Waals surface area contributed by atoms with E-state index in [9.17, 15) is 0 Å². The first-order valence-corrected chi connectivity index (χ1v) is 7.19. The molecule has 18 heavy (non-hydrogen) atoms. The van der Waals surface area contributed by atoms with Gasteiger partial charge in [0.05, 0.1) is 15.4 Å². The third-order valence-electron chi connectivity index (χ3n) is 2.88. The summed E-state index contributed by atoms with van der Waals surface area (Å²) in [7, 11) is 0. The van der Waals surface area contributed by atoms with E-state index in [0.717, 1.165) is 12.8 Å². The minimum Gasteiger partial charge on any atom is -0.484 e. The van der Waals surface area contributed by atoms with E-state index in [1.54, 1.807) is 18.2 Å². The SMILES string of the molecule is CCCOC1C(Cl)CC1Oc1c(Cl)cccc1Cl. The maximum absolute atomic E-state index is 6.12. The molecule has 0 aliphatic heterocycles. The fraction of sp³-hybridized carbons (Fsp3) is 0.538. The second kappa shape index (κ2) is 6.33. The summed E-state index contributed by atoms with van der Waals surface area (Å²) < 4.78 is 11.5. The maximum atomic E-state index is 6.12. The van der Waals surface area contributed by atoms with Gasteiger partial charge in [0.15, 0.2) is 5.75 Å². The molecule has 0 heterocycles. The molecule has 3 unspecified atom stereocenters. The van der Waals surface area contributed by atoms with Gasteiger partial charge in [0, 0.05) is 13.0 Å². The van der Waals surface area contributed by atoms with Gasteiger partial charge in [-0.05, 0) is 18.6 Å². The molecule has 1 aliphatic rings. The molecule has 1 aromatic rings. The first-order chi connectivity index (χ1) is 8.63. The Balaban J connectivity index is 2.01. The van der Waals surface area contributed by atoms with Gasteiger partial charge in [-0.25, -0.2) is 0 Å². The van der Waals surface area contributed by atoms with Gasteiger partial charge in [0.1, 0.15) is 12.2 Å². The van der Waals surface area contributed by atoms with Crippen molar-refractivity contribution in [1.82, 2.24) is 0 Å². The van der Waals surface area contributed by atoms with Gasteiger partial charge >= 0.3 is 0 Å². The molecular formula is C13H15Cl3O2. The average Bonchev–Trinajstić information content (AvgIpc) is 2.33. The minimum absolute atomic E-state index is 0.00260. The molecule has 100 valence electrons. The second-order valence-corrected chi connectivity index (χ2v) is 5.67. The fourth-order valence-corrected chi connectivity index (χ4v) is 2.75. The summed E-state index contributed by atoms with van der Waals surface area (Å²) in [6.07, 6.45) is 1.55. The highest BCUT2D eigenvalue weighted by Crippen LogP contribution is 2.38. The molecule has 0 aromatic heterocycles. The van der Waals surface area contributed by atoms with Crippen LogP contribution in [0.2, 0.25) is 10.0 Å². The summed E-state index contributed by atoms with van der Waals surface area (Å²) in [5.41, 5.74) is 0. The van der Waals surface area contributed by atoms with Crippen molar-refractivity contribution in [3.63, 3.8) is 0 Å². The Bertz CT molecular complexity index is 391. The fourth-order valence-electron chi connectivity index (χ4n) is 1.85. The van der Waals surface area contributed by atoms with Crippen molar-refractivity contribution in [2.24, 2.45) is 0 Å². The lowest BCUT2D eigenvalue weighted by atomic mass is 9.91. The number of halogens is 3. The zero-order valence-electron chi connectivity index (χ0n) is 10.0. The smallest absolute Gasteiger partial charge is 0.157 e. The summed E-state index contributed by atoms with van der Waals surface area (Å²) in [4.78, 5) is 0. The van der Waals surface area contributed by atoms with Crippen LogP contribution in [0.15, 0.2) is 18.2 Å². The topological polar surface area (TPSA) is 18.5 Å². The first-order valence-electron chi connectivity index (χ1n) is 5.99. The van der Waals surface area contributed by atoms with Crippen LogP contribution in [0.3, 0.4) is 0 Å². The van der Waals surface area contributed by atoms with Crippen LogP contribution in [0, 0.1) is 0 Å². The Morgan fingerprint density at radius 3 is 2.50 bits per heavy atom. The Morgan fingerprint density at radius 2 is 1.94 bits per heavy atom. The van der Waals surface area contributed by atoms with Gasteiger partial charge in [-0.3, -0.25) is 0 Å². The van der Waals surface area contributed by atoms with E-state index in [0.29, 0.717) is 22.4 Å². The molecule has 2 rings (SSSR count). The second-order valence-electron chi connectivity index (χ2n) is 4.29. The van der Waals surface area contributed by atoms with Crippen molar-refractivity contribution in [3.05, 3.63) is 28.2 Å². The van der Waals surface area contributed by atoms with Crippen LogP contribution in [0.4, 0.5) is 0 Å². The molecule has 0 saturated heterocycles. The van der Waals surface area contributed by atoms with Crippen LogP contribution in [-0.4, -0.2) is 24.2 Å². The number of benzene rings is 1. The number of alkyl halides is 1. The quantitative estimate of drug-likeness (QED) is 0.743. The monoisotopic (exact) mass is 308 g/mol. The van der Waals surface area contributed by atoms with Crippen LogP contribution in [0.25, 0.3) is 0 Å². The number of ether oxygens (including phenoxy) is 2. The molecule has 2 nitrogen and oxygen atoms in total.